The standard InChI is InChI=1S/C14H25N3O2S2/c1-11(2)15-8-12-6-7-13(16-9-12)21(18,19)17-10-14(3,4)20-5/h6-7,9,11,15,17H,8,10H2,1-5H3. The minimum absolute atomic E-state index is 0.0627. The topological polar surface area (TPSA) is 71.1 Å². The van der Waals surface area contributed by atoms with E-state index in [1.165, 1.54) is 0 Å². The van der Waals surface area contributed by atoms with Crippen LogP contribution in [0, 0.1) is 0 Å². The zero-order valence-electron chi connectivity index (χ0n) is 13.3. The van der Waals surface area contributed by atoms with Crippen LogP contribution in [0.1, 0.15) is 33.3 Å². The zero-order chi connectivity index (χ0) is 16.1. The maximum atomic E-state index is 12.2. The summed E-state index contributed by atoms with van der Waals surface area (Å²) in [5.74, 6) is 0. The number of thioether (sulfide) groups is 1. The van der Waals surface area contributed by atoms with Gasteiger partial charge in [-0.15, -0.1) is 0 Å². The maximum absolute atomic E-state index is 12.2. The molecule has 0 amide bonds. The van der Waals surface area contributed by atoms with E-state index in [0.29, 0.717) is 19.1 Å². The van der Waals surface area contributed by atoms with E-state index >= 15 is 0 Å². The SMILES string of the molecule is CSC(C)(C)CNS(=O)(=O)c1ccc(CNC(C)C)cn1. The zero-order valence-corrected chi connectivity index (χ0v) is 14.9. The van der Waals surface area contributed by atoms with Gasteiger partial charge in [0.2, 0.25) is 0 Å². The van der Waals surface area contributed by atoms with Crippen LogP contribution in [0.5, 0.6) is 0 Å². The predicted octanol–water partition coefficient (Wildman–Crippen LogP) is 2.00. The van der Waals surface area contributed by atoms with E-state index in [1.54, 1.807) is 30.1 Å². The Morgan fingerprint density at radius 3 is 2.48 bits per heavy atom. The lowest BCUT2D eigenvalue weighted by atomic mass is 10.2. The lowest BCUT2D eigenvalue weighted by molar-refractivity contribution is 0.566. The van der Waals surface area contributed by atoms with Crippen LogP contribution in [0.25, 0.3) is 0 Å². The van der Waals surface area contributed by atoms with Crippen LogP contribution in [0.4, 0.5) is 0 Å². The predicted molar refractivity (Wildman–Crippen MR) is 89.0 cm³/mol. The molecule has 0 aromatic carbocycles. The summed E-state index contributed by atoms with van der Waals surface area (Å²) in [6, 6.07) is 3.71. The van der Waals surface area contributed by atoms with Crippen molar-refractivity contribution in [2.24, 2.45) is 0 Å². The molecule has 1 rings (SSSR count). The third-order valence-corrected chi connectivity index (χ3v) is 5.59. The van der Waals surface area contributed by atoms with Crippen molar-refractivity contribution in [3.8, 4) is 0 Å². The highest BCUT2D eigenvalue weighted by Gasteiger charge is 2.22. The van der Waals surface area contributed by atoms with E-state index in [0.717, 1.165) is 5.56 Å². The van der Waals surface area contributed by atoms with Gasteiger partial charge in [0, 0.05) is 30.1 Å². The largest absolute Gasteiger partial charge is 0.310 e. The van der Waals surface area contributed by atoms with Crippen LogP contribution < -0.4 is 10.0 Å². The lowest BCUT2D eigenvalue weighted by Gasteiger charge is -2.21. The molecule has 0 radical (unpaired) electrons. The Kier molecular flexibility index (Phi) is 6.65. The van der Waals surface area contributed by atoms with Crippen molar-refractivity contribution in [3.05, 3.63) is 23.9 Å². The molecule has 0 saturated carbocycles. The van der Waals surface area contributed by atoms with E-state index in [2.05, 4.69) is 28.9 Å². The van der Waals surface area contributed by atoms with E-state index in [-0.39, 0.29) is 9.77 Å². The molecule has 0 aliphatic heterocycles. The first-order chi connectivity index (χ1) is 9.66. The molecule has 0 saturated heterocycles. The van der Waals surface area contributed by atoms with Crippen molar-refractivity contribution in [3.63, 3.8) is 0 Å². The molecule has 7 heteroatoms. The summed E-state index contributed by atoms with van der Waals surface area (Å²) in [4.78, 5) is 4.06. The van der Waals surface area contributed by atoms with Crippen molar-refractivity contribution in [1.29, 1.82) is 0 Å². The molecule has 0 bridgehead atoms. The molecule has 0 fully saturated rings. The van der Waals surface area contributed by atoms with Gasteiger partial charge in [-0.25, -0.2) is 18.1 Å². The second-order valence-electron chi connectivity index (χ2n) is 5.83. The van der Waals surface area contributed by atoms with E-state index in [9.17, 15) is 8.42 Å². The van der Waals surface area contributed by atoms with Gasteiger partial charge in [0.05, 0.1) is 0 Å². The fourth-order valence-corrected chi connectivity index (χ4v) is 2.86. The Bertz CT molecular complexity index is 540. The van der Waals surface area contributed by atoms with E-state index in [4.69, 9.17) is 0 Å². The third kappa shape index (κ3) is 6.34. The second-order valence-corrected chi connectivity index (χ2v) is 9.06. The summed E-state index contributed by atoms with van der Waals surface area (Å²) in [6.45, 7) is 9.16. The summed E-state index contributed by atoms with van der Waals surface area (Å²) in [7, 11) is -3.55. The maximum Gasteiger partial charge on any atom is 0.258 e. The van der Waals surface area contributed by atoms with Crippen LogP contribution in [0.2, 0.25) is 0 Å². The van der Waals surface area contributed by atoms with Gasteiger partial charge in [-0.05, 0) is 31.7 Å². The number of hydrogen-bond donors (Lipinski definition) is 2. The number of pyridine rings is 1. The number of aromatic nitrogens is 1. The Morgan fingerprint density at radius 1 is 1.33 bits per heavy atom. The summed E-state index contributed by atoms with van der Waals surface area (Å²) < 4.78 is 26.8. The molecule has 2 N–H and O–H groups in total. The summed E-state index contributed by atoms with van der Waals surface area (Å²) >= 11 is 1.62. The molecule has 0 aliphatic carbocycles. The monoisotopic (exact) mass is 331 g/mol. The molecule has 21 heavy (non-hydrogen) atoms. The summed E-state index contributed by atoms with van der Waals surface area (Å²) in [5.41, 5.74) is 0.965. The van der Waals surface area contributed by atoms with E-state index < -0.39 is 10.0 Å². The quantitative estimate of drug-likeness (QED) is 0.762. The first-order valence-electron chi connectivity index (χ1n) is 6.89. The fourth-order valence-electron chi connectivity index (χ4n) is 1.41. The van der Waals surface area contributed by atoms with Crippen LogP contribution in [0.3, 0.4) is 0 Å². The molecule has 0 aliphatic rings. The highest BCUT2D eigenvalue weighted by atomic mass is 32.2. The number of nitrogens with one attached hydrogen (secondary N) is 2. The van der Waals surface area contributed by atoms with Crippen molar-refractivity contribution >= 4 is 21.8 Å². The van der Waals surface area contributed by atoms with Crippen LogP contribution in [-0.2, 0) is 16.6 Å². The van der Waals surface area contributed by atoms with Crippen molar-refractivity contribution in [1.82, 2.24) is 15.0 Å². The van der Waals surface area contributed by atoms with Crippen molar-refractivity contribution < 1.29 is 8.42 Å². The fraction of sp³-hybridized carbons (Fsp3) is 0.643. The number of hydrogen-bond acceptors (Lipinski definition) is 5. The van der Waals surface area contributed by atoms with Gasteiger partial charge in [0.15, 0.2) is 5.03 Å². The average Bonchev–Trinajstić information content (AvgIpc) is 2.44. The first-order valence-corrected chi connectivity index (χ1v) is 9.60. The number of rotatable bonds is 8. The highest BCUT2D eigenvalue weighted by molar-refractivity contribution is 8.00. The molecule has 1 aromatic rings. The highest BCUT2D eigenvalue weighted by Crippen LogP contribution is 2.20. The van der Waals surface area contributed by atoms with Gasteiger partial charge in [-0.1, -0.05) is 19.9 Å². The molecule has 0 spiro atoms. The van der Waals surface area contributed by atoms with Crippen molar-refractivity contribution in [2.45, 2.75) is 50.1 Å². The minimum Gasteiger partial charge on any atom is -0.310 e. The van der Waals surface area contributed by atoms with Gasteiger partial charge in [-0.2, -0.15) is 11.8 Å². The third-order valence-electron chi connectivity index (χ3n) is 3.03. The Hall–Kier alpha value is -0.630. The smallest absolute Gasteiger partial charge is 0.258 e. The van der Waals surface area contributed by atoms with Gasteiger partial charge in [-0.3, -0.25) is 0 Å². The van der Waals surface area contributed by atoms with Crippen LogP contribution in [0.15, 0.2) is 23.4 Å². The molecule has 1 heterocycles. The molecular formula is C14H25N3O2S2. The summed E-state index contributed by atoms with van der Waals surface area (Å²) in [6.07, 6.45) is 3.56. The van der Waals surface area contributed by atoms with Gasteiger partial charge in [0.1, 0.15) is 0 Å². The molecular weight excluding hydrogens is 306 g/mol. The van der Waals surface area contributed by atoms with Crippen LogP contribution in [-0.4, -0.2) is 37.0 Å². The number of nitrogens with zero attached hydrogens (tertiary/aromatic N) is 1. The normalized spacial score (nSPS) is 12.9. The van der Waals surface area contributed by atoms with E-state index in [1.807, 2.05) is 20.1 Å². The van der Waals surface area contributed by atoms with Crippen molar-refractivity contribution in [2.75, 3.05) is 12.8 Å². The Morgan fingerprint density at radius 2 is 2.00 bits per heavy atom. The molecule has 0 unspecified atom stereocenters. The Labute approximate surface area is 132 Å². The molecule has 5 nitrogen and oxygen atoms in total. The lowest BCUT2D eigenvalue weighted by Crippen LogP contribution is -2.36. The number of sulfonamides is 1. The van der Waals surface area contributed by atoms with Gasteiger partial charge < -0.3 is 5.32 Å². The minimum atomic E-state index is -3.55. The molecule has 1 aromatic heterocycles. The first kappa shape index (κ1) is 18.4. The van der Waals surface area contributed by atoms with Crippen LogP contribution >= 0.6 is 11.8 Å². The second kappa shape index (κ2) is 7.58. The summed E-state index contributed by atoms with van der Waals surface area (Å²) in [5, 5.41) is 3.33. The molecule has 120 valence electrons. The molecule has 0 atom stereocenters. The van der Waals surface area contributed by atoms with Gasteiger partial charge in [0.25, 0.3) is 10.0 Å². The average molecular weight is 332 g/mol. The Balaban J connectivity index is 2.71. The van der Waals surface area contributed by atoms with Gasteiger partial charge >= 0.3 is 0 Å².